The molecular weight excluding hydrogens is 274 g/mol. The van der Waals surface area contributed by atoms with E-state index in [0.29, 0.717) is 6.54 Å². The van der Waals surface area contributed by atoms with Crippen LogP contribution in [0, 0.1) is 0 Å². The van der Waals surface area contributed by atoms with Gasteiger partial charge in [-0.15, -0.1) is 0 Å². The number of nitrogens with zero attached hydrogens (tertiary/aromatic N) is 1. The fraction of sp³-hybridized carbons (Fsp3) is 0.364. The minimum atomic E-state index is -0.562. The largest absolute Gasteiger partial charge is 0.496 e. The minimum Gasteiger partial charge on any atom is -0.496 e. The molecule has 0 spiro atoms. The van der Waals surface area contributed by atoms with Crippen LogP contribution in [0.2, 0.25) is 0 Å². The molecule has 86 valence electrons. The van der Waals surface area contributed by atoms with Gasteiger partial charge in [0.2, 0.25) is 5.91 Å². The van der Waals surface area contributed by atoms with Crippen molar-refractivity contribution in [2.75, 3.05) is 18.6 Å². The van der Waals surface area contributed by atoms with Gasteiger partial charge >= 0.3 is 0 Å². The van der Waals surface area contributed by atoms with E-state index in [0.717, 1.165) is 15.9 Å². The number of hydrogen-bond donors (Lipinski definition) is 1. The highest BCUT2D eigenvalue weighted by atomic mass is 79.9. The Bertz CT molecular complexity index is 422. The van der Waals surface area contributed by atoms with Crippen LogP contribution < -0.4 is 9.64 Å². The zero-order chi connectivity index (χ0) is 11.7. The number of β-amino-alcohol motifs (C(OH)–C–C–N with tert-alkyl or cyclic N) is 1. The maximum Gasteiger partial charge on any atom is 0.229 e. The van der Waals surface area contributed by atoms with Crippen LogP contribution in [0.4, 0.5) is 5.69 Å². The highest BCUT2D eigenvalue weighted by molar-refractivity contribution is 9.10. The van der Waals surface area contributed by atoms with E-state index in [2.05, 4.69) is 15.9 Å². The maximum atomic E-state index is 11.6. The van der Waals surface area contributed by atoms with Crippen LogP contribution >= 0.6 is 15.9 Å². The first-order valence-electron chi connectivity index (χ1n) is 4.94. The Kier molecular flexibility index (Phi) is 3.16. The van der Waals surface area contributed by atoms with Crippen molar-refractivity contribution < 1.29 is 14.6 Å². The van der Waals surface area contributed by atoms with E-state index in [1.807, 2.05) is 6.07 Å². The first kappa shape index (κ1) is 11.4. The van der Waals surface area contributed by atoms with Crippen LogP contribution in [0.25, 0.3) is 0 Å². The molecule has 4 nitrogen and oxygen atoms in total. The molecule has 1 fully saturated rings. The number of halogens is 1. The van der Waals surface area contributed by atoms with Crippen molar-refractivity contribution in [3.63, 3.8) is 0 Å². The van der Waals surface area contributed by atoms with Gasteiger partial charge < -0.3 is 14.7 Å². The average molecular weight is 286 g/mol. The molecule has 0 radical (unpaired) electrons. The van der Waals surface area contributed by atoms with Crippen molar-refractivity contribution in [2.24, 2.45) is 0 Å². The van der Waals surface area contributed by atoms with Crippen molar-refractivity contribution in [2.45, 2.75) is 12.5 Å². The second kappa shape index (κ2) is 4.43. The van der Waals surface area contributed by atoms with E-state index in [-0.39, 0.29) is 12.3 Å². The van der Waals surface area contributed by atoms with Gasteiger partial charge in [-0.1, -0.05) is 0 Å². The smallest absolute Gasteiger partial charge is 0.229 e. The molecule has 1 aromatic carbocycles. The summed E-state index contributed by atoms with van der Waals surface area (Å²) in [6, 6.07) is 5.41. The maximum absolute atomic E-state index is 11.6. The lowest BCUT2D eigenvalue weighted by atomic mass is 10.3. The second-order valence-electron chi connectivity index (χ2n) is 3.68. The second-order valence-corrected chi connectivity index (χ2v) is 4.54. The lowest BCUT2D eigenvalue weighted by Gasteiger charge is -2.16. The lowest BCUT2D eigenvalue weighted by molar-refractivity contribution is -0.117. The highest BCUT2D eigenvalue weighted by Gasteiger charge is 2.29. The first-order valence-corrected chi connectivity index (χ1v) is 5.73. The van der Waals surface area contributed by atoms with Crippen LogP contribution in [0.15, 0.2) is 22.7 Å². The van der Waals surface area contributed by atoms with Crippen molar-refractivity contribution in [1.29, 1.82) is 0 Å². The molecule has 1 N–H and O–H groups in total. The molecule has 1 atom stereocenters. The van der Waals surface area contributed by atoms with Gasteiger partial charge in [-0.05, 0) is 34.1 Å². The molecule has 0 aromatic heterocycles. The summed E-state index contributed by atoms with van der Waals surface area (Å²) >= 11 is 3.36. The van der Waals surface area contributed by atoms with Gasteiger partial charge in [0.15, 0.2) is 0 Å². The minimum absolute atomic E-state index is 0.0513. The molecule has 1 saturated heterocycles. The fourth-order valence-electron chi connectivity index (χ4n) is 1.76. The summed E-state index contributed by atoms with van der Waals surface area (Å²) in [6.45, 7) is 0.359. The van der Waals surface area contributed by atoms with Crippen molar-refractivity contribution in [1.82, 2.24) is 0 Å². The molecule has 0 bridgehead atoms. The van der Waals surface area contributed by atoms with E-state index in [1.54, 1.807) is 24.1 Å². The molecule has 0 aliphatic carbocycles. The number of aliphatic hydroxyl groups is 1. The van der Waals surface area contributed by atoms with Crippen molar-refractivity contribution in [3.05, 3.63) is 22.7 Å². The van der Waals surface area contributed by atoms with Crippen molar-refractivity contribution in [3.8, 4) is 5.75 Å². The topological polar surface area (TPSA) is 49.8 Å². The van der Waals surface area contributed by atoms with E-state index < -0.39 is 6.10 Å². The predicted molar refractivity (Wildman–Crippen MR) is 63.7 cm³/mol. The van der Waals surface area contributed by atoms with Crippen LogP contribution in [0.3, 0.4) is 0 Å². The van der Waals surface area contributed by atoms with Crippen LogP contribution in [0.1, 0.15) is 6.42 Å². The quantitative estimate of drug-likeness (QED) is 0.897. The van der Waals surface area contributed by atoms with Gasteiger partial charge in [0.25, 0.3) is 0 Å². The monoisotopic (exact) mass is 285 g/mol. The van der Waals surface area contributed by atoms with Gasteiger partial charge in [-0.3, -0.25) is 4.79 Å². The molecule has 1 heterocycles. The third-order valence-corrected chi connectivity index (χ3v) is 3.17. The summed E-state index contributed by atoms with van der Waals surface area (Å²) in [4.78, 5) is 13.1. The first-order chi connectivity index (χ1) is 7.61. The zero-order valence-electron chi connectivity index (χ0n) is 8.81. The van der Waals surface area contributed by atoms with Gasteiger partial charge in [-0.2, -0.15) is 0 Å². The Morgan fingerprint density at radius 1 is 1.56 bits per heavy atom. The molecule has 16 heavy (non-hydrogen) atoms. The third kappa shape index (κ3) is 2.05. The summed E-state index contributed by atoms with van der Waals surface area (Å²) in [5.74, 6) is 0.667. The molecule has 1 aromatic rings. The van der Waals surface area contributed by atoms with E-state index in [1.165, 1.54) is 0 Å². The summed E-state index contributed by atoms with van der Waals surface area (Å²) in [5.41, 5.74) is 0.772. The van der Waals surface area contributed by atoms with Crippen LogP contribution in [0.5, 0.6) is 5.75 Å². The highest BCUT2D eigenvalue weighted by Crippen LogP contribution is 2.31. The van der Waals surface area contributed by atoms with Gasteiger partial charge in [0, 0.05) is 5.69 Å². The Labute approximate surface area is 102 Å². The molecule has 2 rings (SSSR count). The Morgan fingerprint density at radius 2 is 2.31 bits per heavy atom. The molecule has 1 aliphatic heterocycles. The van der Waals surface area contributed by atoms with E-state index in [4.69, 9.17) is 4.74 Å². The Morgan fingerprint density at radius 3 is 2.81 bits per heavy atom. The number of hydrogen-bond acceptors (Lipinski definition) is 3. The molecule has 5 heteroatoms. The standard InChI is InChI=1S/C11H12BrNO3/c1-16-10-3-2-7(4-9(10)12)13-6-8(14)5-11(13)15/h2-4,8,14H,5-6H2,1H3. The van der Waals surface area contributed by atoms with E-state index >= 15 is 0 Å². The van der Waals surface area contributed by atoms with Crippen molar-refractivity contribution >= 4 is 27.5 Å². The Balaban J connectivity index is 2.28. The number of carbonyl (C=O) groups is 1. The van der Waals surface area contributed by atoms with Gasteiger partial charge in [-0.25, -0.2) is 0 Å². The van der Waals surface area contributed by atoms with Gasteiger partial charge in [0.05, 0.1) is 30.7 Å². The Hall–Kier alpha value is -1.07. The summed E-state index contributed by atoms with van der Waals surface area (Å²) in [7, 11) is 1.59. The number of anilines is 1. The van der Waals surface area contributed by atoms with E-state index in [9.17, 15) is 9.90 Å². The number of aliphatic hydroxyl groups excluding tert-OH is 1. The number of carbonyl (C=O) groups excluding carboxylic acids is 1. The van der Waals surface area contributed by atoms with Crippen LogP contribution in [-0.4, -0.2) is 30.8 Å². The molecule has 0 saturated carbocycles. The third-order valence-electron chi connectivity index (χ3n) is 2.55. The number of rotatable bonds is 2. The summed E-state index contributed by atoms with van der Waals surface area (Å²) in [5, 5.41) is 9.40. The predicted octanol–water partition coefficient (Wildman–Crippen LogP) is 1.56. The molecule has 1 unspecified atom stereocenters. The van der Waals surface area contributed by atoms with Gasteiger partial charge in [0.1, 0.15) is 5.75 Å². The number of amides is 1. The van der Waals surface area contributed by atoms with Crippen LogP contribution in [-0.2, 0) is 4.79 Å². The normalized spacial score (nSPS) is 20.3. The molecule has 1 aliphatic rings. The SMILES string of the molecule is COc1ccc(N2CC(O)CC2=O)cc1Br. The number of methoxy groups -OCH3 is 1. The number of benzene rings is 1. The molecule has 1 amide bonds. The molecular formula is C11H12BrNO3. The zero-order valence-corrected chi connectivity index (χ0v) is 10.4. The summed E-state index contributed by atoms with van der Waals surface area (Å²) < 4.78 is 5.90. The fourth-order valence-corrected chi connectivity index (χ4v) is 2.29. The summed E-state index contributed by atoms with van der Waals surface area (Å²) in [6.07, 6.45) is -0.364. The average Bonchev–Trinajstić information content (AvgIpc) is 2.58. The number of ether oxygens (including phenoxy) is 1. The lowest BCUT2D eigenvalue weighted by Crippen LogP contribution is -2.25.